The van der Waals surface area contributed by atoms with Gasteiger partial charge < -0.3 is 10.6 Å². The smallest absolute Gasteiger partial charge is 0.319 e. The van der Waals surface area contributed by atoms with E-state index in [1.165, 1.54) is 12.1 Å². The summed E-state index contributed by atoms with van der Waals surface area (Å²) >= 11 is 0. The summed E-state index contributed by atoms with van der Waals surface area (Å²) in [5, 5.41) is 14.4. The number of halogens is 1. The summed E-state index contributed by atoms with van der Waals surface area (Å²) in [4.78, 5) is 11.9. The van der Waals surface area contributed by atoms with Crippen molar-refractivity contribution in [3.05, 3.63) is 29.6 Å². The Kier molecular flexibility index (Phi) is 4.57. The Labute approximate surface area is 118 Å². The fourth-order valence-corrected chi connectivity index (χ4v) is 2.47. The van der Waals surface area contributed by atoms with E-state index in [1.807, 2.05) is 6.07 Å². The minimum atomic E-state index is -0.492. The number of nitrogens with zero attached hydrogens (tertiary/aromatic N) is 1. The predicted molar refractivity (Wildman–Crippen MR) is 74.7 cm³/mol. The molecule has 1 aliphatic rings. The zero-order valence-electron chi connectivity index (χ0n) is 11.4. The van der Waals surface area contributed by atoms with Crippen LogP contribution in [0.4, 0.5) is 14.9 Å². The Bertz CT molecular complexity index is 530. The van der Waals surface area contributed by atoms with E-state index in [0.29, 0.717) is 5.69 Å². The Morgan fingerprint density at radius 2 is 2.05 bits per heavy atom. The number of carbonyl (C=O) groups excluding carboxylic acids is 1. The van der Waals surface area contributed by atoms with Gasteiger partial charge in [-0.05, 0) is 49.8 Å². The average molecular weight is 275 g/mol. The fourth-order valence-electron chi connectivity index (χ4n) is 2.47. The van der Waals surface area contributed by atoms with Crippen LogP contribution in [-0.2, 0) is 0 Å². The maximum absolute atomic E-state index is 13.0. The molecule has 0 heterocycles. The molecule has 2 rings (SSSR count). The molecule has 0 unspecified atom stereocenters. The minimum absolute atomic E-state index is 0.123. The topological polar surface area (TPSA) is 64.9 Å². The number of hydrogen-bond acceptors (Lipinski definition) is 2. The number of urea groups is 1. The van der Waals surface area contributed by atoms with E-state index in [2.05, 4.69) is 17.6 Å². The van der Waals surface area contributed by atoms with Gasteiger partial charge in [-0.2, -0.15) is 5.26 Å². The molecule has 0 atom stereocenters. The third-order valence-electron chi connectivity index (χ3n) is 3.70. The zero-order chi connectivity index (χ0) is 14.5. The van der Waals surface area contributed by atoms with Crippen LogP contribution in [0.2, 0.25) is 0 Å². The van der Waals surface area contributed by atoms with Gasteiger partial charge in [-0.1, -0.05) is 6.92 Å². The summed E-state index contributed by atoms with van der Waals surface area (Å²) in [6.07, 6.45) is 4.18. The van der Waals surface area contributed by atoms with Crippen molar-refractivity contribution in [2.75, 3.05) is 5.32 Å². The van der Waals surface area contributed by atoms with E-state index in [-0.39, 0.29) is 17.6 Å². The molecule has 2 amide bonds. The molecule has 1 aromatic rings. The van der Waals surface area contributed by atoms with Gasteiger partial charge in [0.05, 0.1) is 11.3 Å². The molecule has 20 heavy (non-hydrogen) atoms. The van der Waals surface area contributed by atoms with Crippen molar-refractivity contribution in [2.45, 2.75) is 38.6 Å². The van der Waals surface area contributed by atoms with Crippen molar-refractivity contribution in [3.63, 3.8) is 0 Å². The Balaban J connectivity index is 1.93. The first-order valence-electron chi connectivity index (χ1n) is 6.85. The first kappa shape index (κ1) is 14.3. The van der Waals surface area contributed by atoms with Crippen LogP contribution in [0.15, 0.2) is 18.2 Å². The summed E-state index contributed by atoms with van der Waals surface area (Å²) in [5.41, 5.74) is 0.452. The van der Waals surface area contributed by atoms with E-state index >= 15 is 0 Å². The molecular formula is C15H18FN3O. The van der Waals surface area contributed by atoms with Crippen molar-refractivity contribution >= 4 is 11.7 Å². The van der Waals surface area contributed by atoms with Crippen LogP contribution in [0.25, 0.3) is 0 Å². The van der Waals surface area contributed by atoms with Gasteiger partial charge >= 0.3 is 6.03 Å². The summed E-state index contributed by atoms with van der Waals surface area (Å²) in [7, 11) is 0. The van der Waals surface area contributed by atoms with Gasteiger partial charge in [0.25, 0.3) is 0 Å². The highest BCUT2D eigenvalue weighted by Crippen LogP contribution is 2.23. The Morgan fingerprint density at radius 1 is 1.35 bits per heavy atom. The zero-order valence-corrected chi connectivity index (χ0v) is 11.4. The number of nitrogens with one attached hydrogen (secondary N) is 2. The SMILES string of the molecule is CC1CCC(NC(=O)Nc2ccc(F)cc2C#N)CC1. The largest absolute Gasteiger partial charge is 0.335 e. The highest BCUT2D eigenvalue weighted by atomic mass is 19.1. The standard InChI is InChI=1S/C15H18FN3O/c1-10-2-5-13(6-3-10)18-15(20)19-14-7-4-12(16)8-11(14)9-17/h4,7-8,10,13H,2-3,5-6H2,1H3,(H2,18,19,20). The van der Waals surface area contributed by atoms with Gasteiger partial charge in [0, 0.05) is 6.04 Å². The van der Waals surface area contributed by atoms with Crippen LogP contribution in [0.1, 0.15) is 38.2 Å². The van der Waals surface area contributed by atoms with E-state index in [1.54, 1.807) is 0 Å². The highest BCUT2D eigenvalue weighted by molar-refractivity contribution is 5.90. The van der Waals surface area contributed by atoms with E-state index < -0.39 is 5.82 Å². The molecule has 4 nitrogen and oxygen atoms in total. The number of anilines is 1. The molecule has 0 aromatic heterocycles. The van der Waals surface area contributed by atoms with E-state index in [0.717, 1.165) is 37.7 Å². The predicted octanol–water partition coefficient (Wildman–Crippen LogP) is 3.40. The molecule has 2 N–H and O–H groups in total. The molecule has 1 aromatic carbocycles. The minimum Gasteiger partial charge on any atom is -0.335 e. The first-order valence-corrected chi connectivity index (χ1v) is 6.85. The number of hydrogen-bond donors (Lipinski definition) is 2. The number of nitriles is 1. The third-order valence-corrected chi connectivity index (χ3v) is 3.70. The third kappa shape index (κ3) is 3.70. The second-order valence-corrected chi connectivity index (χ2v) is 5.36. The van der Waals surface area contributed by atoms with E-state index in [4.69, 9.17) is 5.26 Å². The van der Waals surface area contributed by atoms with Crippen LogP contribution < -0.4 is 10.6 Å². The molecule has 1 fully saturated rings. The second kappa shape index (κ2) is 6.38. The summed E-state index contributed by atoms with van der Waals surface area (Å²) in [6, 6.07) is 5.44. The summed E-state index contributed by atoms with van der Waals surface area (Å²) < 4.78 is 13.0. The maximum atomic E-state index is 13.0. The van der Waals surface area contributed by atoms with E-state index in [9.17, 15) is 9.18 Å². The number of amides is 2. The molecule has 0 radical (unpaired) electrons. The Hall–Kier alpha value is -2.09. The molecular weight excluding hydrogens is 257 g/mol. The summed E-state index contributed by atoms with van der Waals surface area (Å²) in [6.45, 7) is 2.22. The van der Waals surface area contributed by atoms with Crippen LogP contribution in [-0.4, -0.2) is 12.1 Å². The molecule has 106 valence electrons. The maximum Gasteiger partial charge on any atom is 0.319 e. The van der Waals surface area contributed by atoms with Crippen molar-refractivity contribution in [1.29, 1.82) is 5.26 Å². The van der Waals surface area contributed by atoms with Crippen LogP contribution >= 0.6 is 0 Å². The van der Waals surface area contributed by atoms with Crippen LogP contribution in [0.3, 0.4) is 0 Å². The number of benzene rings is 1. The van der Waals surface area contributed by atoms with Crippen molar-refractivity contribution < 1.29 is 9.18 Å². The second-order valence-electron chi connectivity index (χ2n) is 5.36. The van der Waals surface area contributed by atoms with Gasteiger partial charge in [0.1, 0.15) is 11.9 Å². The summed E-state index contributed by atoms with van der Waals surface area (Å²) in [5.74, 6) is 0.229. The molecule has 0 saturated heterocycles. The molecule has 0 aliphatic heterocycles. The molecule has 0 bridgehead atoms. The van der Waals surface area contributed by atoms with Crippen molar-refractivity contribution in [2.24, 2.45) is 5.92 Å². The average Bonchev–Trinajstić information content (AvgIpc) is 2.43. The molecule has 0 spiro atoms. The van der Waals surface area contributed by atoms with Gasteiger partial charge in [0.2, 0.25) is 0 Å². The quantitative estimate of drug-likeness (QED) is 0.868. The van der Waals surface area contributed by atoms with Crippen LogP contribution in [0, 0.1) is 23.1 Å². The highest BCUT2D eigenvalue weighted by Gasteiger charge is 2.20. The number of carbonyl (C=O) groups is 1. The normalized spacial score (nSPS) is 21.9. The lowest BCUT2D eigenvalue weighted by molar-refractivity contribution is 0.239. The molecule has 1 saturated carbocycles. The lowest BCUT2D eigenvalue weighted by Crippen LogP contribution is -2.40. The Morgan fingerprint density at radius 3 is 2.70 bits per heavy atom. The van der Waals surface area contributed by atoms with Crippen molar-refractivity contribution in [3.8, 4) is 6.07 Å². The van der Waals surface area contributed by atoms with Gasteiger partial charge in [-0.3, -0.25) is 0 Å². The van der Waals surface area contributed by atoms with Gasteiger partial charge in [-0.25, -0.2) is 9.18 Å². The molecule has 1 aliphatic carbocycles. The van der Waals surface area contributed by atoms with Gasteiger partial charge in [0.15, 0.2) is 0 Å². The van der Waals surface area contributed by atoms with Gasteiger partial charge in [-0.15, -0.1) is 0 Å². The lowest BCUT2D eigenvalue weighted by Gasteiger charge is -2.27. The van der Waals surface area contributed by atoms with Crippen LogP contribution in [0.5, 0.6) is 0 Å². The molecule has 5 heteroatoms. The monoisotopic (exact) mass is 275 g/mol. The number of rotatable bonds is 2. The fraction of sp³-hybridized carbons (Fsp3) is 0.467. The first-order chi connectivity index (χ1) is 9.58. The lowest BCUT2D eigenvalue weighted by atomic mass is 9.87. The van der Waals surface area contributed by atoms with Crippen molar-refractivity contribution in [1.82, 2.24) is 5.32 Å².